The third kappa shape index (κ3) is 2.47. The van der Waals surface area contributed by atoms with Gasteiger partial charge >= 0.3 is 0 Å². The molecule has 4 nitrogen and oxygen atoms in total. The molecule has 1 N–H and O–H groups in total. The van der Waals surface area contributed by atoms with Crippen LogP contribution in [0.4, 0.5) is 0 Å². The van der Waals surface area contributed by atoms with Gasteiger partial charge in [-0.3, -0.25) is 4.90 Å². The largest absolute Gasteiger partial charge is 0.314 e. The number of hydrogen-bond donors (Lipinski definition) is 1. The smallest absolute Gasteiger partial charge is 0.147 e. The van der Waals surface area contributed by atoms with Crippen molar-refractivity contribution in [2.24, 2.45) is 0 Å². The van der Waals surface area contributed by atoms with E-state index in [-0.39, 0.29) is 0 Å². The Morgan fingerprint density at radius 1 is 1.23 bits per heavy atom. The van der Waals surface area contributed by atoms with E-state index in [1.807, 2.05) is 12.6 Å². The van der Waals surface area contributed by atoms with Crippen LogP contribution in [0.25, 0.3) is 0 Å². The summed E-state index contributed by atoms with van der Waals surface area (Å²) in [6.07, 6.45) is 3.53. The molecule has 2 rings (SSSR count). The Bertz CT molecular complexity index is 243. The third-order valence-electron chi connectivity index (χ3n) is 2.04. The minimum atomic E-state index is 0.796. The molecular weight excluding hydrogens is 164 g/mol. The molecule has 0 aromatic carbocycles. The lowest BCUT2D eigenvalue weighted by Crippen LogP contribution is -2.42. The minimum Gasteiger partial charge on any atom is -0.314 e. The van der Waals surface area contributed by atoms with Crippen LogP contribution in [-0.2, 0) is 0 Å². The molecule has 1 aromatic heterocycles. The summed E-state index contributed by atoms with van der Waals surface area (Å²) in [5.74, 6) is 0.796. The van der Waals surface area contributed by atoms with Gasteiger partial charge in [-0.2, -0.15) is 0 Å². The maximum absolute atomic E-state index is 4.14. The zero-order chi connectivity index (χ0) is 8.93. The first-order valence-electron chi connectivity index (χ1n) is 4.52. The minimum absolute atomic E-state index is 0.796. The number of aromatic nitrogens is 2. The zero-order valence-corrected chi connectivity index (χ0v) is 7.48. The fourth-order valence-corrected chi connectivity index (χ4v) is 1.35. The highest BCUT2D eigenvalue weighted by molar-refractivity contribution is 5.00. The summed E-state index contributed by atoms with van der Waals surface area (Å²) in [6, 6.07) is 1.83. The first-order chi connectivity index (χ1) is 6.45. The van der Waals surface area contributed by atoms with Crippen molar-refractivity contribution in [3.05, 3.63) is 30.8 Å². The quantitative estimate of drug-likeness (QED) is 0.684. The van der Waals surface area contributed by atoms with E-state index in [0.29, 0.717) is 0 Å². The van der Waals surface area contributed by atoms with Crippen molar-refractivity contribution >= 4 is 0 Å². The standard InChI is InChI=1S/C9H13N4/c1-2-11-9(12-3-1)8-13-6-4-10-5-7-13/h1-3,8,10H,4-7H2. The molecule has 4 heteroatoms. The summed E-state index contributed by atoms with van der Waals surface area (Å²) < 4.78 is 0. The zero-order valence-electron chi connectivity index (χ0n) is 7.48. The molecule has 0 aliphatic carbocycles. The number of rotatable bonds is 2. The molecule has 1 aromatic rings. The Balaban J connectivity index is 1.90. The lowest BCUT2D eigenvalue weighted by Gasteiger charge is -2.25. The van der Waals surface area contributed by atoms with Gasteiger partial charge in [0.25, 0.3) is 0 Å². The maximum Gasteiger partial charge on any atom is 0.147 e. The van der Waals surface area contributed by atoms with Crippen molar-refractivity contribution in [3.8, 4) is 0 Å². The first kappa shape index (κ1) is 8.59. The van der Waals surface area contributed by atoms with Crippen LogP contribution < -0.4 is 5.32 Å². The maximum atomic E-state index is 4.14. The van der Waals surface area contributed by atoms with Gasteiger partial charge in [0.15, 0.2) is 0 Å². The molecule has 1 radical (unpaired) electrons. The van der Waals surface area contributed by atoms with Crippen molar-refractivity contribution in [1.82, 2.24) is 20.2 Å². The second kappa shape index (κ2) is 4.30. The van der Waals surface area contributed by atoms with Crippen molar-refractivity contribution in [3.63, 3.8) is 0 Å². The molecular formula is C9H13N4. The Morgan fingerprint density at radius 2 is 1.92 bits per heavy atom. The fraction of sp³-hybridized carbons (Fsp3) is 0.444. The van der Waals surface area contributed by atoms with Crippen LogP contribution in [0.5, 0.6) is 0 Å². The van der Waals surface area contributed by atoms with Gasteiger partial charge in [0.1, 0.15) is 5.82 Å². The van der Waals surface area contributed by atoms with Gasteiger partial charge in [0.2, 0.25) is 0 Å². The fourth-order valence-electron chi connectivity index (χ4n) is 1.35. The van der Waals surface area contributed by atoms with Gasteiger partial charge in [0, 0.05) is 38.6 Å². The van der Waals surface area contributed by atoms with Gasteiger partial charge in [-0.15, -0.1) is 0 Å². The number of hydrogen-bond acceptors (Lipinski definition) is 4. The van der Waals surface area contributed by atoms with Crippen LogP contribution in [0, 0.1) is 6.54 Å². The molecule has 2 heterocycles. The summed E-state index contributed by atoms with van der Waals surface area (Å²) in [4.78, 5) is 10.5. The van der Waals surface area contributed by atoms with Crippen molar-refractivity contribution < 1.29 is 0 Å². The first-order valence-corrected chi connectivity index (χ1v) is 4.52. The highest BCUT2D eigenvalue weighted by Crippen LogP contribution is 2.01. The van der Waals surface area contributed by atoms with Gasteiger partial charge in [-0.25, -0.2) is 9.97 Å². The van der Waals surface area contributed by atoms with E-state index < -0.39 is 0 Å². The number of nitrogens with one attached hydrogen (secondary N) is 1. The van der Waals surface area contributed by atoms with Crippen LogP contribution in [0.1, 0.15) is 5.82 Å². The summed E-state index contributed by atoms with van der Waals surface area (Å²) in [5, 5.41) is 3.30. The van der Waals surface area contributed by atoms with E-state index in [0.717, 1.165) is 32.0 Å². The van der Waals surface area contributed by atoms with Crippen LogP contribution >= 0.6 is 0 Å². The molecule has 1 aliphatic heterocycles. The van der Waals surface area contributed by atoms with Crippen LogP contribution in [0.3, 0.4) is 0 Å². The van der Waals surface area contributed by atoms with Crippen molar-refractivity contribution in [2.75, 3.05) is 26.2 Å². The van der Waals surface area contributed by atoms with Crippen LogP contribution in [0.2, 0.25) is 0 Å². The topological polar surface area (TPSA) is 41.1 Å². The third-order valence-corrected chi connectivity index (χ3v) is 2.04. The lowest BCUT2D eigenvalue weighted by molar-refractivity contribution is 0.296. The Kier molecular flexibility index (Phi) is 2.84. The molecule has 69 valence electrons. The predicted octanol–water partition coefficient (Wildman–Crippen LogP) is -0.108. The molecule has 0 bridgehead atoms. The van der Waals surface area contributed by atoms with E-state index in [9.17, 15) is 0 Å². The van der Waals surface area contributed by atoms with E-state index >= 15 is 0 Å². The average Bonchev–Trinajstić information content (AvgIpc) is 2.21. The van der Waals surface area contributed by atoms with E-state index in [4.69, 9.17) is 0 Å². The van der Waals surface area contributed by atoms with Gasteiger partial charge in [-0.05, 0) is 6.07 Å². The van der Waals surface area contributed by atoms with Gasteiger partial charge in [0.05, 0.1) is 6.54 Å². The van der Waals surface area contributed by atoms with Crippen LogP contribution in [-0.4, -0.2) is 41.0 Å². The highest BCUT2D eigenvalue weighted by Gasteiger charge is 2.10. The summed E-state index contributed by atoms with van der Waals surface area (Å²) in [5.41, 5.74) is 0. The van der Waals surface area contributed by atoms with E-state index in [1.165, 1.54) is 0 Å². The molecule has 1 fully saturated rings. The summed E-state index contributed by atoms with van der Waals surface area (Å²) in [6.45, 7) is 6.18. The number of piperazine rings is 1. The molecule has 0 unspecified atom stereocenters. The van der Waals surface area contributed by atoms with Gasteiger partial charge < -0.3 is 5.32 Å². The SMILES string of the molecule is [CH](c1ncccn1)N1CCNCC1. The second-order valence-electron chi connectivity index (χ2n) is 3.02. The summed E-state index contributed by atoms with van der Waals surface area (Å²) >= 11 is 0. The summed E-state index contributed by atoms with van der Waals surface area (Å²) in [7, 11) is 0. The molecule has 0 amide bonds. The predicted molar refractivity (Wildman–Crippen MR) is 49.9 cm³/mol. The van der Waals surface area contributed by atoms with Crippen molar-refractivity contribution in [2.45, 2.75) is 0 Å². The lowest BCUT2D eigenvalue weighted by atomic mass is 10.3. The molecule has 1 aliphatic rings. The second-order valence-corrected chi connectivity index (χ2v) is 3.02. The van der Waals surface area contributed by atoms with Gasteiger partial charge in [-0.1, -0.05) is 0 Å². The monoisotopic (exact) mass is 177 g/mol. The van der Waals surface area contributed by atoms with E-state index in [2.05, 4.69) is 20.2 Å². The van der Waals surface area contributed by atoms with Crippen LogP contribution in [0.15, 0.2) is 18.5 Å². The Labute approximate surface area is 78.0 Å². The highest BCUT2D eigenvalue weighted by atomic mass is 15.2. The van der Waals surface area contributed by atoms with E-state index in [1.54, 1.807) is 12.4 Å². The Hall–Kier alpha value is -1.00. The Morgan fingerprint density at radius 3 is 2.62 bits per heavy atom. The average molecular weight is 177 g/mol. The number of nitrogens with zero attached hydrogens (tertiary/aromatic N) is 3. The normalized spacial score (nSPS) is 18.8. The van der Waals surface area contributed by atoms with Crippen molar-refractivity contribution in [1.29, 1.82) is 0 Å². The molecule has 0 saturated carbocycles. The molecule has 13 heavy (non-hydrogen) atoms. The molecule has 0 atom stereocenters. The molecule has 0 spiro atoms. The molecule has 1 saturated heterocycles.